The Kier molecular flexibility index (Phi) is 2.69. The highest BCUT2D eigenvalue weighted by Crippen LogP contribution is 2.02. The SMILES string of the molecule is [B]c1ncccc1CC(C)C. The van der Waals surface area contributed by atoms with Gasteiger partial charge in [-0.15, -0.1) is 0 Å². The van der Waals surface area contributed by atoms with Crippen molar-refractivity contribution in [3.8, 4) is 0 Å². The second-order valence-corrected chi connectivity index (χ2v) is 3.15. The molecule has 0 bridgehead atoms. The summed E-state index contributed by atoms with van der Waals surface area (Å²) in [7, 11) is 5.66. The highest BCUT2D eigenvalue weighted by Gasteiger charge is 1.99. The van der Waals surface area contributed by atoms with Crippen LogP contribution in [0.15, 0.2) is 18.3 Å². The number of hydrogen-bond acceptors (Lipinski definition) is 1. The Morgan fingerprint density at radius 1 is 1.55 bits per heavy atom. The molecule has 0 N–H and O–H groups in total. The summed E-state index contributed by atoms with van der Waals surface area (Å²) in [5.41, 5.74) is 1.82. The third-order valence-corrected chi connectivity index (χ3v) is 1.55. The maximum absolute atomic E-state index is 5.66. The van der Waals surface area contributed by atoms with Crippen LogP contribution >= 0.6 is 0 Å². The maximum Gasteiger partial charge on any atom is 0.142 e. The fraction of sp³-hybridized carbons (Fsp3) is 0.444. The molecule has 56 valence electrons. The Hall–Kier alpha value is -0.785. The Bertz CT molecular complexity index is 233. The van der Waals surface area contributed by atoms with Gasteiger partial charge >= 0.3 is 0 Å². The van der Waals surface area contributed by atoms with Crippen LogP contribution in [0.5, 0.6) is 0 Å². The fourth-order valence-electron chi connectivity index (χ4n) is 1.06. The van der Waals surface area contributed by atoms with Crippen molar-refractivity contribution in [3.05, 3.63) is 23.9 Å². The quantitative estimate of drug-likeness (QED) is 0.567. The number of hydrogen-bond donors (Lipinski definition) is 0. The van der Waals surface area contributed by atoms with Crippen molar-refractivity contribution in [2.24, 2.45) is 5.92 Å². The van der Waals surface area contributed by atoms with Gasteiger partial charge in [0, 0.05) is 6.20 Å². The van der Waals surface area contributed by atoms with Crippen LogP contribution < -0.4 is 5.59 Å². The van der Waals surface area contributed by atoms with Crippen LogP contribution in [0, 0.1) is 5.92 Å². The number of nitrogens with zero attached hydrogens (tertiary/aromatic N) is 1. The molecule has 1 nitrogen and oxygen atoms in total. The van der Waals surface area contributed by atoms with E-state index in [0.29, 0.717) is 11.5 Å². The number of aromatic nitrogens is 1. The molecule has 0 fully saturated rings. The van der Waals surface area contributed by atoms with Crippen LogP contribution in [0.2, 0.25) is 0 Å². The Balaban J connectivity index is 2.78. The summed E-state index contributed by atoms with van der Waals surface area (Å²) in [6.45, 7) is 4.35. The van der Waals surface area contributed by atoms with Crippen molar-refractivity contribution in [1.82, 2.24) is 4.98 Å². The van der Waals surface area contributed by atoms with Crippen molar-refractivity contribution in [1.29, 1.82) is 0 Å². The molecule has 0 amide bonds. The second-order valence-electron chi connectivity index (χ2n) is 3.15. The highest BCUT2D eigenvalue weighted by molar-refractivity contribution is 6.31. The molecular formula is C9H12BN. The van der Waals surface area contributed by atoms with Crippen LogP contribution in [0.25, 0.3) is 0 Å². The molecule has 0 saturated heterocycles. The first-order valence-corrected chi connectivity index (χ1v) is 3.89. The van der Waals surface area contributed by atoms with Gasteiger partial charge in [0.2, 0.25) is 0 Å². The minimum absolute atomic E-state index is 0.640. The lowest BCUT2D eigenvalue weighted by molar-refractivity contribution is 0.648. The van der Waals surface area contributed by atoms with Gasteiger partial charge in [0.15, 0.2) is 0 Å². The van der Waals surface area contributed by atoms with Crippen LogP contribution in [-0.4, -0.2) is 12.8 Å². The highest BCUT2D eigenvalue weighted by atomic mass is 14.6. The van der Waals surface area contributed by atoms with E-state index in [1.54, 1.807) is 6.20 Å². The van der Waals surface area contributed by atoms with Gasteiger partial charge in [-0.3, -0.25) is 4.98 Å². The molecule has 0 aromatic carbocycles. The smallest absolute Gasteiger partial charge is 0.142 e. The lowest BCUT2D eigenvalue weighted by atomic mass is 9.92. The van der Waals surface area contributed by atoms with E-state index in [9.17, 15) is 0 Å². The van der Waals surface area contributed by atoms with Crippen LogP contribution in [0.4, 0.5) is 0 Å². The van der Waals surface area contributed by atoms with Crippen molar-refractivity contribution in [2.75, 3.05) is 0 Å². The van der Waals surface area contributed by atoms with Gasteiger partial charge < -0.3 is 0 Å². The topological polar surface area (TPSA) is 12.9 Å². The van der Waals surface area contributed by atoms with Gasteiger partial charge in [0.1, 0.15) is 7.85 Å². The molecule has 0 saturated carbocycles. The fourth-order valence-corrected chi connectivity index (χ4v) is 1.06. The standard InChI is InChI=1S/C9H12BN/c1-7(2)6-8-4-3-5-11-9(8)10/h3-5,7H,6H2,1-2H3. The molecule has 0 aliphatic heterocycles. The van der Waals surface area contributed by atoms with Crippen molar-refractivity contribution < 1.29 is 0 Å². The molecule has 0 atom stereocenters. The summed E-state index contributed by atoms with van der Waals surface area (Å²) in [5.74, 6) is 0.640. The third kappa shape index (κ3) is 2.37. The summed E-state index contributed by atoms with van der Waals surface area (Å²) in [4.78, 5) is 4.01. The van der Waals surface area contributed by atoms with Gasteiger partial charge in [-0.05, 0) is 29.6 Å². The van der Waals surface area contributed by atoms with Crippen molar-refractivity contribution >= 4 is 13.4 Å². The number of rotatable bonds is 2. The first kappa shape index (κ1) is 8.31. The van der Waals surface area contributed by atoms with E-state index in [4.69, 9.17) is 7.85 Å². The van der Waals surface area contributed by atoms with Gasteiger partial charge in [-0.2, -0.15) is 0 Å². The molecule has 11 heavy (non-hydrogen) atoms. The van der Waals surface area contributed by atoms with Crippen LogP contribution in [-0.2, 0) is 6.42 Å². The van der Waals surface area contributed by atoms with Crippen LogP contribution in [0.3, 0.4) is 0 Å². The molecule has 1 heterocycles. The van der Waals surface area contributed by atoms with Crippen molar-refractivity contribution in [2.45, 2.75) is 20.3 Å². The van der Waals surface area contributed by atoms with Gasteiger partial charge in [0.25, 0.3) is 0 Å². The normalized spacial score (nSPS) is 10.5. The van der Waals surface area contributed by atoms with E-state index in [1.165, 1.54) is 0 Å². The largest absolute Gasteiger partial charge is 0.273 e. The predicted molar refractivity (Wildman–Crippen MR) is 48.2 cm³/mol. The zero-order valence-corrected chi connectivity index (χ0v) is 7.04. The molecule has 0 spiro atoms. The zero-order chi connectivity index (χ0) is 8.27. The first-order chi connectivity index (χ1) is 5.20. The molecule has 0 unspecified atom stereocenters. The second kappa shape index (κ2) is 3.56. The van der Waals surface area contributed by atoms with Crippen LogP contribution in [0.1, 0.15) is 19.4 Å². The molecule has 2 heteroatoms. The predicted octanol–water partition coefficient (Wildman–Crippen LogP) is 1.07. The minimum atomic E-state index is 0.640. The summed E-state index contributed by atoms with van der Waals surface area (Å²) < 4.78 is 0. The van der Waals surface area contributed by atoms with Gasteiger partial charge in [-0.25, -0.2) is 0 Å². The molecule has 0 aliphatic carbocycles. The average molecular weight is 145 g/mol. The van der Waals surface area contributed by atoms with E-state index >= 15 is 0 Å². The molecule has 1 aromatic rings. The lowest BCUT2D eigenvalue weighted by Gasteiger charge is -2.06. The van der Waals surface area contributed by atoms with Crippen molar-refractivity contribution in [3.63, 3.8) is 0 Å². The van der Waals surface area contributed by atoms with E-state index < -0.39 is 0 Å². The summed E-state index contributed by atoms with van der Waals surface area (Å²) in [6.07, 6.45) is 2.73. The van der Waals surface area contributed by atoms with E-state index in [0.717, 1.165) is 12.0 Å². The summed E-state index contributed by atoms with van der Waals surface area (Å²) >= 11 is 0. The summed E-state index contributed by atoms with van der Waals surface area (Å²) in [5, 5.41) is 0. The molecular weight excluding hydrogens is 133 g/mol. The lowest BCUT2D eigenvalue weighted by Crippen LogP contribution is -2.15. The zero-order valence-electron chi connectivity index (χ0n) is 7.04. The number of pyridine rings is 1. The minimum Gasteiger partial charge on any atom is -0.273 e. The van der Waals surface area contributed by atoms with Gasteiger partial charge in [-0.1, -0.05) is 19.9 Å². The maximum atomic E-state index is 5.66. The Labute approximate surface area is 69.3 Å². The van der Waals surface area contributed by atoms with E-state index in [-0.39, 0.29) is 0 Å². The molecule has 1 rings (SSSR count). The summed E-state index contributed by atoms with van der Waals surface area (Å²) in [6, 6.07) is 3.95. The molecule has 0 aliphatic rings. The van der Waals surface area contributed by atoms with E-state index in [2.05, 4.69) is 18.8 Å². The first-order valence-electron chi connectivity index (χ1n) is 3.89. The van der Waals surface area contributed by atoms with E-state index in [1.807, 2.05) is 12.1 Å². The van der Waals surface area contributed by atoms with Gasteiger partial charge in [0.05, 0.1) is 0 Å². The Morgan fingerprint density at radius 3 is 2.82 bits per heavy atom. The monoisotopic (exact) mass is 145 g/mol. The molecule has 1 aromatic heterocycles. The Morgan fingerprint density at radius 2 is 2.27 bits per heavy atom. The third-order valence-electron chi connectivity index (χ3n) is 1.55. The molecule has 2 radical (unpaired) electrons. The average Bonchev–Trinajstić information content (AvgIpc) is 1.93.